The number of amides is 1. The normalized spacial score (nSPS) is 25.3. The van der Waals surface area contributed by atoms with E-state index in [1.54, 1.807) is 0 Å². The Morgan fingerprint density at radius 3 is 2.12 bits per heavy atom. The zero-order valence-electron chi connectivity index (χ0n) is 28.0. The minimum atomic E-state index is -4.78. The number of carbonyl (C=O) groups excluding carboxylic acids is 1. The van der Waals surface area contributed by atoms with Crippen LogP contribution in [0.4, 0.5) is 18.9 Å². The monoisotopic (exact) mass is 661 g/mol. The summed E-state index contributed by atoms with van der Waals surface area (Å²) in [5.41, 5.74) is 4.29. The van der Waals surface area contributed by atoms with Gasteiger partial charge in [0, 0.05) is 57.6 Å². The minimum Gasteiger partial charge on any atom is -0.494 e. The molecule has 5 fully saturated rings. The van der Waals surface area contributed by atoms with Crippen LogP contribution >= 0.6 is 0 Å². The molecule has 1 amide bonds. The number of carbonyl (C=O) groups is 1. The average Bonchev–Trinajstić information content (AvgIpc) is 3.03. The van der Waals surface area contributed by atoms with Crippen molar-refractivity contribution in [2.24, 2.45) is 23.2 Å². The second-order valence-corrected chi connectivity index (χ2v) is 14.8. The van der Waals surface area contributed by atoms with Crippen molar-refractivity contribution >= 4 is 11.6 Å². The highest BCUT2D eigenvalue weighted by molar-refractivity contribution is 5.94. The molecule has 3 aromatic carbocycles. The summed E-state index contributed by atoms with van der Waals surface area (Å²) in [6.45, 7) is 6.83. The summed E-state index contributed by atoms with van der Waals surface area (Å²) < 4.78 is 49.6. The van der Waals surface area contributed by atoms with Crippen LogP contribution in [-0.2, 0) is 6.54 Å². The lowest BCUT2D eigenvalue weighted by atomic mass is 9.49. The Morgan fingerprint density at radius 2 is 1.50 bits per heavy atom. The largest absolute Gasteiger partial charge is 0.573 e. The Balaban J connectivity index is 0.965. The van der Waals surface area contributed by atoms with Gasteiger partial charge in [0.15, 0.2) is 0 Å². The van der Waals surface area contributed by atoms with Crippen molar-refractivity contribution in [3.05, 3.63) is 77.9 Å². The molecule has 0 N–H and O–H groups in total. The molecular formula is C39H46F3N3O3. The summed E-state index contributed by atoms with van der Waals surface area (Å²) >= 11 is 0. The molecule has 9 heteroatoms. The zero-order valence-corrected chi connectivity index (χ0v) is 28.0. The fraction of sp³-hybridized carbons (Fsp3) is 0.513. The van der Waals surface area contributed by atoms with Crippen molar-refractivity contribution in [2.75, 3.05) is 51.3 Å². The Hall–Kier alpha value is -3.72. The Kier molecular flexibility index (Phi) is 9.09. The van der Waals surface area contributed by atoms with Gasteiger partial charge in [-0.1, -0.05) is 12.1 Å². The van der Waals surface area contributed by atoms with E-state index in [9.17, 15) is 18.0 Å². The summed E-state index contributed by atoms with van der Waals surface area (Å²) in [4.78, 5) is 20.0. The number of piperazine rings is 1. The van der Waals surface area contributed by atoms with Crippen molar-refractivity contribution in [1.29, 1.82) is 0 Å². The van der Waals surface area contributed by atoms with Gasteiger partial charge in [0.25, 0.3) is 5.91 Å². The summed E-state index contributed by atoms with van der Waals surface area (Å²) in [5, 5.41) is 0. The molecular weight excluding hydrogens is 615 g/mol. The number of hydrogen-bond donors (Lipinski definition) is 0. The second-order valence-electron chi connectivity index (χ2n) is 14.8. The van der Waals surface area contributed by atoms with Gasteiger partial charge < -0.3 is 19.3 Å². The van der Waals surface area contributed by atoms with E-state index >= 15 is 0 Å². The summed E-state index contributed by atoms with van der Waals surface area (Å²) in [5.74, 6) is 3.14. The molecule has 3 aromatic rings. The van der Waals surface area contributed by atoms with Gasteiger partial charge in [0.2, 0.25) is 0 Å². The van der Waals surface area contributed by atoms with Crippen molar-refractivity contribution in [3.8, 4) is 22.6 Å². The quantitative estimate of drug-likeness (QED) is 0.219. The molecule has 8 rings (SSSR count). The zero-order chi connectivity index (χ0) is 33.5. The van der Waals surface area contributed by atoms with Gasteiger partial charge in [-0.15, -0.1) is 13.2 Å². The smallest absolute Gasteiger partial charge is 0.494 e. The highest BCUT2D eigenvalue weighted by atomic mass is 19.4. The van der Waals surface area contributed by atoms with E-state index in [1.807, 2.05) is 73.5 Å². The van der Waals surface area contributed by atoms with Gasteiger partial charge >= 0.3 is 6.36 Å². The van der Waals surface area contributed by atoms with Crippen molar-refractivity contribution in [1.82, 2.24) is 9.80 Å². The topological polar surface area (TPSA) is 45.2 Å². The maximum absolute atomic E-state index is 13.5. The van der Waals surface area contributed by atoms with Crippen LogP contribution in [0.5, 0.6) is 11.5 Å². The molecule has 0 spiro atoms. The summed E-state index contributed by atoms with van der Waals surface area (Å²) in [6, 6.07) is 20.2. The first-order valence-corrected chi connectivity index (χ1v) is 17.5. The number of benzene rings is 3. The van der Waals surface area contributed by atoms with E-state index in [-0.39, 0.29) is 11.7 Å². The lowest BCUT2D eigenvalue weighted by molar-refractivity contribution is -0.274. The number of rotatable bonds is 10. The lowest BCUT2D eigenvalue weighted by Gasteiger charge is -2.57. The van der Waals surface area contributed by atoms with Crippen molar-refractivity contribution < 1.29 is 27.4 Å². The van der Waals surface area contributed by atoms with E-state index in [2.05, 4.69) is 14.5 Å². The van der Waals surface area contributed by atoms with Gasteiger partial charge in [0.05, 0.1) is 6.61 Å². The molecule has 48 heavy (non-hydrogen) atoms. The van der Waals surface area contributed by atoms with Crippen LogP contribution < -0.4 is 14.4 Å². The van der Waals surface area contributed by atoms with Gasteiger partial charge in [-0.25, -0.2) is 0 Å². The maximum Gasteiger partial charge on any atom is 0.573 e. The van der Waals surface area contributed by atoms with Crippen molar-refractivity contribution in [3.63, 3.8) is 0 Å². The molecule has 5 aliphatic rings. The number of alkyl halides is 3. The molecule has 0 radical (unpaired) electrons. The molecule has 4 aliphatic carbocycles. The number of ether oxygens (including phenoxy) is 2. The van der Waals surface area contributed by atoms with E-state index in [1.165, 1.54) is 50.7 Å². The molecule has 4 bridgehead atoms. The van der Waals surface area contributed by atoms with Gasteiger partial charge in [-0.2, -0.15) is 0 Å². The minimum absolute atomic E-state index is 0.0998. The molecule has 0 atom stereocenters. The maximum atomic E-state index is 13.5. The van der Waals surface area contributed by atoms with Crippen LogP contribution in [0.1, 0.15) is 61.4 Å². The molecule has 0 unspecified atom stereocenters. The Bertz CT molecular complexity index is 1560. The predicted molar refractivity (Wildman–Crippen MR) is 181 cm³/mol. The molecule has 1 heterocycles. The lowest BCUT2D eigenvalue weighted by Crippen LogP contribution is -2.51. The second kappa shape index (κ2) is 13.3. The third-order valence-corrected chi connectivity index (χ3v) is 11.0. The van der Waals surface area contributed by atoms with Crippen LogP contribution in [0, 0.1) is 23.2 Å². The molecule has 1 saturated heterocycles. The Labute approximate surface area is 281 Å². The first-order valence-electron chi connectivity index (χ1n) is 17.5. The molecule has 0 aromatic heterocycles. The van der Waals surface area contributed by atoms with Crippen LogP contribution in [0.15, 0.2) is 66.7 Å². The fourth-order valence-electron chi connectivity index (χ4n) is 9.56. The standard InChI is InChI=1S/C39H46F3N3O3/c1-3-47-35-6-4-5-32(20-35)33-18-30(19-36(21-33)48-39(40,41)42)25-44-11-13-45(14-12-44)34-9-7-31(8-10-34)37(46)43(2)26-38-22-27-15-28(23-38)17-29(16-27)24-38/h4-10,18-21,27-29H,3,11-17,22-26H2,1-2H3. The SMILES string of the molecule is CCOc1cccc(-c2cc(CN3CCN(c4ccc(C(=O)N(C)CC56CC7CC(CC(C7)C5)C6)cc4)CC3)cc(OC(F)(F)F)c2)c1. The summed E-state index contributed by atoms with van der Waals surface area (Å²) in [6.07, 6.45) is 3.30. The molecule has 1 aliphatic heterocycles. The third-order valence-electron chi connectivity index (χ3n) is 11.0. The number of nitrogens with zero attached hydrogens (tertiary/aromatic N) is 3. The number of halogens is 3. The van der Waals surface area contributed by atoms with Crippen LogP contribution in [-0.4, -0.2) is 68.4 Å². The highest BCUT2D eigenvalue weighted by Gasteiger charge is 2.51. The number of anilines is 1. The van der Waals surface area contributed by atoms with Crippen LogP contribution in [0.3, 0.4) is 0 Å². The predicted octanol–water partition coefficient (Wildman–Crippen LogP) is 8.26. The fourth-order valence-corrected chi connectivity index (χ4v) is 9.56. The molecule has 6 nitrogen and oxygen atoms in total. The van der Waals surface area contributed by atoms with E-state index in [0.29, 0.717) is 29.9 Å². The summed E-state index contributed by atoms with van der Waals surface area (Å²) in [7, 11) is 1.97. The van der Waals surface area contributed by atoms with Gasteiger partial charge in [-0.05, 0) is 140 Å². The first-order chi connectivity index (χ1) is 23.0. The Morgan fingerprint density at radius 1 is 0.854 bits per heavy atom. The third kappa shape index (κ3) is 7.46. The van der Waals surface area contributed by atoms with Crippen LogP contribution in [0.25, 0.3) is 11.1 Å². The van der Waals surface area contributed by atoms with E-state index in [4.69, 9.17) is 4.74 Å². The first kappa shape index (κ1) is 32.8. The van der Waals surface area contributed by atoms with Gasteiger partial charge in [-0.3, -0.25) is 9.69 Å². The number of hydrogen-bond acceptors (Lipinski definition) is 5. The average molecular weight is 662 g/mol. The van der Waals surface area contributed by atoms with E-state index in [0.717, 1.165) is 72.9 Å². The van der Waals surface area contributed by atoms with E-state index < -0.39 is 6.36 Å². The van der Waals surface area contributed by atoms with Gasteiger partial charge in [0.1, 0.15) is 11.5 Å². The van der Waals surface area contributed by atoms with Crippen LogP contribution in [0.2, 0.25) is 0 Å². The van der Waals surface area contributed by atoms with Crippen molar-refractivity contribution in [2.45, 2.75) is 58.4 Å². The highest BCUT2D eigenvalue weighted by Crippen LogP contribution is 2.60. The molecule has 4 saturated carbocycles. The molecule has 256 valence electrons.